The number of hydrogen-bond acceptors (Lipinski definition) is 6. The van der Waals surface area contributed by atoms with Crippen LogP contribution in [0.4, 0.5) is 0 Å². The smallest absolute Gasteiger partial charge is 0.220 e. The number of likely N-dealkylation sites (N-methyl/N-ethyl adjacent to an activating group) is 1. The maximum absolute atomic E-state index is 12.2. The van der Waals surface area contributed by atoms with Crippen LogP contribution >= 0.6 is 0 Å². The predicted molar refractivity (Wildman–Crippen MR) is 125 cm³/mol. The molecule has 2 aromatic carbocycles. The van der Waals surface area contributed by atoms with Crippen molar-refractivity contribution in [2.75, 3.05) is 46.1 Å². The van der Waals surface area contributed by atoms with E-state index in [0.29, 0.717) is 31.7 Å². The molecule has 0 unspecified atom stereocenters. The second kappa shape index (κ2) is 11.4. The Kier molecular flexibility index (Phi) is 8.67. The van der Waals surface area contributed by atoms with Crippen molar-refractivity contribution < 1.29 is 17.9 Å². The second-order valence-corrected chi connectivity index (χ2v) is 10.4. The molecule has 0 aliphatic carbocycles. The standard InChI is InChI=1S/C24H33N3O4S/c1-26-12-14-27(15-13-26)19-21-6-3-5-20(17-21)18-25-24(28)7-4-16-31-22-8-10-23(11-9-22)32(2,29)30/h3,5-6,8-11,17H,4,7,12-16,18-19H2,1-2H3,(H,25,28). The van der Waals surface area contributed by atoms with Crippen molar-refractivity contribution in [2.24, 2.45) is 0 Å². The number of sulfone groups is 1. The molecule has 0 radical (unpaired) electrons. The minimum Gasteiger partial charge on any atom is -0.494 e. The Bertz CT molecular complexity index is 985. The number of ether oxygens (including phenoxy) is 1. The van der Waals surface area contributed by atoms with E-state index in [4.69, 9.17) is 4.74 Å². The van der Waals surface area contributed by atoms with Crippen LogP contribution in [0.3, 0.4) is 0 Å². The van der Waals surface area contributed by atoms with Crippen molar-refractivity contribution in [1.29, 1.82) is 0 Å². The minimum atomic E-state index is -3.21. The van der Waals surface area contributed by atoms with Gasteiger partial charge in [0.05, 0.1) is 11.5 Å². The summed E-state index contributed by atoms with van der Waals surface area (Å²) < 4.78 is 28.5. The number of hydrogen-bond donors (Lipinski definition) is 1. The van der Waals surface area contributed by atoms with Gasteiger partial charge in [-0.15, -0.1) is 0 Å². The van der Waals surface area contributed by atoms with Gasteiger partial charge in [0.1, 0.15) is 5.75 Å². The summed E-state index contributed by atoms with van der Waals surface area (Å²) in [7, 11) is -1.05. The number of carbonyl (C=O) groups excluding carboxylic acids is 1. The maximum atomic E-state index is 12.2. The summed E-state index contributed by atoms with van der Waals surface area (Å²) in [4.78, 5) is 17.2. The van der Waals surface area contributed by atoms with E-state index >= 15 is 0 Å². The Morgan fingerprint density at radius 3 is 2.41 bits per heavy atom. The first-order valence-electron chi connectivity index (χ1n) is 11.0. The molecule has 174 valence electrons. The molecule has 1 amide bonds. The van der Waals surface area contributed by atoms with Gasteiger partial charge in [0.15, 0.2) is 9.84 Å². The summed E-state index contributed by atoms with van der Waals surface area (Å²) in [5.41, 5.74) is 2.38. The number of nitrogens with zero attached hydrogens (tertiary/aromatic N) is 2. The third-order valence-electron chi connectivity index (χ3n) is 5.55. The van der Waals surface area contributed by atoms with Crippen LogP contribution in [0.1, 0.15) is 24.0 Å². The van der Waals surface area contributed by atoms with Crippen LogP contribution in [-0.4, -0.2) is 70.2 Å². The molecule has 1 aliphatic rings. The van der Waals surface area contributed by atoms with Crippen molar-refractivity contribution in [1.82, 2.24) is 15.1 Å². The maximum Gasteiger partial charge on any atom is 0.220 e. The lowest BCUT2D eigenvalue weighted by atomic mass is 10.1. The molecular formula is C24H33N3O4S. The lowest BCUT2D eigenvalue weighted by Gasteiger charge is -2.32. The first kappa shape index (κ1) is 24.2. The van der Waals surface area contributed by atoms with Crippen molar-refractivity contribution in [3.8, 4) is 5.75 Å². The lowest BCUT2D eigenvalue weighted by Crippen LogP contribution is -2.43. The molecule has 0 saturated carbocycles. The van der Waals surface area contributed by atoms with Gasteiger partial charge < -0.3 is 15.0 Å². The third-order valence-corrected chi connectivity index (χ3v) is 6.68. The molecule has 2 aromatic rings. The molecule has 1 N–H and O–H groups in total. The predicted octanol–water partition coefficient (Wildman–Crippen LogP) is 2.31. The molecule has 0 bridgehead atoms. The van der Waals surface area contributed by atoms with Gasteiger partial charge >= 0.3 is 0 Å². The van der Waals surface area contributed by atoms with Crippen molar-refractivity contribution in [3.05, 3.63) is 59.7 Å². The summed E-state index contributed by atoms with van der Waals surface area (Å²) in [5.74, 6) is 0.584. The van der Waals surface area contributed by atoms with Crippen LogP contribution in [0.2, 0.25) is 0 Å². The summed E-state index contributed by atoms with van der Waals surface area (Å²) >= 11 is 0. The van der Waals surface area contributed by atoms with Crippen LogP contribution in [-0.2, 0) is 27.7 Å². The van der Waals surface area contributed by atoms with Crippen LogP contribution in [0.25, 0.3) is 0 Å². The van der Waals surface area contributed by atoms with E-state index in [2.05, 4.69) is 40.4 Å². The Balaban J connectivity index is 1.35. The van der Waals surface area contributed by atoms with Crippen molar-refractivity contribution in [3.63, 3.8) is 0 Å². The van der Waals surface area contributed by atoms with Gasteiger partial charge in [-0.25, -0.2) is 8.42 Å². The van der Waals surface area contributed by atoms with E-state index in [0.717, 1.165) is 38.3 Å². The van der Waals surface area contributed by atoms with Crippen molar-refractivity contribution in [2.45, 2.75) is 30.8 Å². The molecule has 8 heteroatoms. The monoisotopic (exact) mass is 459 g/mol. The molecule has 32 heavy (non-hydrogen) atoms. The highest BCUT2D eigenvalue weighted by molar-refractivity contribution is 7.90. The molecule has 1 fully saturated rings. The zero-order valence-corrected chi connectivity index (χ0v) is 19.7. The largest absolute Gasteiger partial charge is 0.494 e. The fourth-order valence-electron chi connectivity index (χ4n) is 3.60. The van der Waals surface area contributed by atoms with Gasteiger partial charge in [-0.2, -0.15) is 0 Å². The van der Waals surface area contributed by atoms with Crippen LogP contribution < -0.4 is 10.1 Å². The van der Waals surface area contributed by atoms with Crippen LogP contribution in [0.5, 0.6) is 5.75 Å². The van der Waals surface area contributed by atoms with Gasteiger partial charge in [-0.05, 0) is 48.9 Å². The quantitative estimate of drug-likeness (QED) is 0.550. The Hall–Kier alpha value is -2.42. The van der Waals surface area contributed by atoms with Gasteiger partial charge in [0.25, 0.3) is 0 Å². The van der Waals surface area contributed by atoms with Gasteiger partial charge in [-0.3, -0.25) is 9.69 Å². The van der Waals surface area contributed by atoms with Gasteiger partial charge in [0, 0.05) is 51.9 Å². The van der Waals surface area contributed by atoms with E-state index in [-0.39, 0.29) is 10.8 Å². The zero-order chi connectivity index (χ0) is 23.0. The van der Waals surface area contributed by atoms with E-state index in [1.165, 1.54) is 24.0 Å². The molecule has 1 heterocycles. The van der Waals surface area contributed by atoms with Crippen LogP contribution in [0.15, 0.2) is 53.4 Å². The molecule has 1 aliphatic heterocycles. The third kappa shape index (κ3) is 7.93. The first-order chi connectivity index (χ1) is 15.3. The molecule has 0 aromatic heterocycles. The highest BCUT2D eigenvalue weighted by Crippen LogP contribution is 2.16. The highest BCUT2D eigenvalue weighted by atomic mass is 32.2. The van der Waals surface area contributed by atoms with Gasteiger partial charge in [0.2, 0.25) is 5.91 Å². The molecule has 0 atom stereocenters. The van der Waals surface area contributed by atoms with E-state index in [9.17, 15) is 13.2 Å². The summed E-state index contributed by atoms with van der Waals surface area (Å²) in [5, 5.41) is 2.98. The zero-order valence-electron chi connectivity index (χ0n) is 18.9. The number of carbonyl (C=O) groups is 1. The van der Waals surface area contributed by atoms with E-state index in [1.54, 1.807) is 12.1 Å². The molecular weight excluding hydrogens is 426 g/mol. The molecule has 1 saturated heterocycles. The van der Waals surface area contributed by atoms with Crippen LogP contribution in [0, 0.1) is 0 Å². The minimum absolute atomic E-state index is 0.00880. The highest BCUT2D eigenvalue weighted by Gasteiger charge is 2.14. The fraction of sp³-hybridized carbons (Fsp3) is 0.458. The molecule has 3 rings (SSSR count). The number of piperazine rings is 1. The average molecular weight is 460 g/mol. The van der Waals surface area contributed by atoms with E-state index in [1.807, 2.05) is 6.07 Å². The Morgan fingerprint density at radius 1 is 1.03 bits per heavy atom. The molecule has 7 nitrogen and oxygen atoms in total. The number of benzene rings is 2. The fourth-order valence-corrected chi connectivity index (χ4v) is 4.23. The normalized spacial score (nSPS) is 15.4. The van der Waals surface area contributed by atoms with E-state index < -0.39 is 9.84 Å². The summed E-state index contributed by atoms with van der Waals surface area (Å²) in [6.45, 7) is 6.23. The number of amides is 1. The number of nitrogens with one attached hydrogen (secondary N) is 1. The number of rotatable bonds is 10. The topological polar surface area (TPSA) is 79.0 Å². The molecule has 0 spiro atoms. The summed E-state index contributed by atoms with van der Waals surface area (Å²) in [6.07, 6.45) is 2.14. The van der Waals surface area contributed by atoms with Crippen molar-refractivity contribution >= 4 is 15.7 Å². The van der Waals surface area contributed by atoms with Gasteiger partial charge in [-0.1, -0.05) is 24.3 Å². The Labute approximate surface area is 191 Å². The summed E-state index contributed by atoms with van der Waals surface area (Å²) in [6, 6.07) is 14.7. The SMILES string of the molecule is CN1CCN(Cc2cccc(CNC(=O)CCCOc3ccc(S(C)(=O)=O)cc3)c2)CC1. The lowest BCUT2D eigenvalue weighted by molar-refractivity contribution is -0.121. The first-order valence-corrected chi connectivity index (χ1v) is 12.9. The average Bonchev–Trinajstić information content (AvgIpc) is 2.77. The second-order valence-electron chi connectivity index (χ2n) is 8.37. The Morgan fingerprint density at radius 2 is 1.72 bits per heavy atom.